The van der Waals surface area contributed by atoms with Gasteiger partial charge in [0.1, 0.15) is 5.75 Å². The minimum Gasteiger partial charge on any atom is -0.492 e. The Morgan fingerprint density at radius 3 is 2.73 bits per heavy atom. The standard InChI is InChI=1S/C21H19FN2O2/c1-23-26-20-3-2-16(13-19(20)22)18-12-15(10-14-4-7-24-8-5-14)11-17-6-9-25-21(17)18/h2-5,7-8,11-13,23H,6,9-10H2,1H3. The quantitative estimate of drug-likeness (QED) is 0.708. The summed E-state index contributed by atoms with van der Waals surface area (Å²) in [6.45, 7) is 0.657. The second-order valence-electron chi connectivity index (χ2n) is 6.21. The molecule has 1 aliphatic heterocycles. The fourth-order valence-electron chi connectivity index (χ4n) is 3.29. The lowest BCUT2D eigenvalue weighted by atomic mass is 9.95. The van der Waals surface area contributed by atoms with E-state index in [1.54, 1.807) is 25.5 Å². The zero-order valence-corrected chi connectivity index (χ0v) is 14.5. The lowest BCUT2D eigenvalue weighted by Gasteiger charge is -2.13. The first-order valence-corrected chi connectivity index (χ1v) is 8.55. The van der Waals surface area contributed by atoms with E-state index >= 15 is 0 Å². The molecule has 0 atom stereocenters. The molecule has 4 nitrogen and oxygen atoms in total. The van der Waals surface area contributed by atoms with E-state index in [9.17, 15) is 4.39 Å². The number of fused-ring (bicyclic) bond motifs is 1. The zero-order chi connectivity index (χ0) is 17.9. The Hall–Kier alpha value is -2.92. The lowest BCUT2D eigenvalue weighted by Crippen LogP contribution is -2.11. The average Bonchev–Trinajstić information content (AvgIpc) is 3.12. The second-order valence-corrected chi connectivity index (χ2v) is 6.21. The summed E-state index contributed by atoms with van der Waals surface area (Å²) >= 11 is 0. The number of ether oxygens (including phenoxy) is 1. The van der Waals surface area contributed by atoms with Crippen LogP contribution in [0.2, 0.25) is 0 Å². The Labute approximate surface area is 151 Å². The number of nitrogens with zero attached hydrogens (tertiary/aromatic N) is 1. The summed E-state index contributed by atoms with van der Waals surface area (Å²) in [7, 11) is 1.59. The van der Waals surface area contributed by atoms with E-state index in [1.807, 2.05) is 18.2 Å². The number of hydroxylamine groups is 1. The van der Waals surface area contributed by atoms with Crippen LogP contribution < -0.4 is 15.1 Å². The molecule has 1 aliphatic rings. The molecule has 0 amide bonds. The van der Waals surface area contributed by atoms with E-state index < -0.39 is 5.82 Å². The number of hydrogen-bond acceptors (Lipinski definition) is 4. The zero-order valence-electron chi connectivity index (χ0n) is 14.5. The van der Waals surface area contributed by atoms with Crippen molar-refractivity contribution in [1.29, 1.82) is 0 Å². The highest BCUT2D eigenvalue weighted by atomic mass is 19.1. The highest BCUT2D eigenvalue weighted by molar-refractivity contribution is 5.74. The van der Waals surface area contributed by atoms with Gasteiger partial charge in [-0.2, -0.15) is 5.48 Å². The number of halogens is 1. The van der Waals surface area contributed by atoms with Crippen molar-refractivity contribution < 1.29 is 14.0 Å². The van der Waals surface area contributed by atoms with Crippen LogP contribution in [0.4, 0.5) is 4.39 Å². The van der Waals surface area contributed by atoms with Crippen LogP contribution in [0.3, 0.4) is 0 Å². The van der Waals surface area contributed by atoms with Crippen molar-refractivity contribution in [2.24, 2.45) is 0 Å². The van der Waals surface area contributed by atoms with Gasteiger partial charge in [0.2, 0.25) is 0 Å². The number of aromatic nitrogens is 1. The maximum atomic E-state index is 14.3. The van der Waals surface area contributed by atoms with Crippen molar-refractivity contribution in [2.75, 3.05) is 13.7 Å². The first-order valence-electron chi connectivity index (χ1n) is 8.55. The summed E-state index contributed by atoms with van der Waals surface area (Å²) in [5, 5.41) is 0. The number of benzene rings is 2. The third-order valence-electron chi connectivity index (χ3n) is 4.46. The summed E-state index contributed by atoms with van der Waals surface area (Å²) in [5.41, 5.74) is 7.72. The molecule has 0 saturated carbocycles. The number of hydrogen-bond donors (Lipinski definition) is 1. The van der Waals surface area contributed by atoms with Gasteiger partial charge in [0.15, 0.2) is 11.6 Å². The first-order chi connectivity index (χ1) is 12.7. The van der Waals surface area contributed by atoms with E-state index in [4.69, 9.17) is 9.57 Å². The largest absolute Gasteiger partial charge is 0.492 e. The van der Waals surface area contributed by atoms with Crippen LogP contribution >= 0.6 is 0 Å². The maximum absolute atomic E-state index is 14.3. The number of pyridine rings is 1. The van der Waals surface area contributed by atoms with Gasteiger partial charge >= 0.3 is 0 Å². The van der Waals surface area contributed by atoms with E-state index in [2.05, 4.69) is 22.6 Å². The summed E-state index contributed by atoms with van der Waals surface area (Å²) < 4.78 is 20.1. The molecule has 0 radical (unpaired) electrons. The minimum atomic E-state index is -0.414. The van der Waals surface area contributed by atoms with Crippen LogP contribution in [0, 0.1) is 5.82 Å². The SMILES string of the molecule is CNOc1ccc(-c2cc(Cc3ccncc3)cc3c2OCC3)cc1F. The van der Waals surface area contributed by atoms with Crippen LogP contribution in [0.25, 0.3) is 11.1 Å². The highest BCUT2D eigenvalue weighted by Crippen LogP contribution is 2.39. The molecule has 1 aromatic heterocycles. The molecule has 0 bridgehead atoms. The van der Waals surface area contributed by atoms with Crippen molar-refractivity contribution in [3.05, 3.63) is 77.4 Å². The van der Waals surface area contributed by atoms with E-state index in [0.717, 1.165) is 29.7 Å². The molecule has 0 spiro atoms. The Morgan fingerprint density at radius 2 is 1.96 bits per heavy atom. The topological polar surface area (TPSA) is 43.4 Å². The third kappa shape index (κ3) is 3.26. The Bertz CT molecular complexity index is 929. The normalized spacial score (nSPS) is 12.5. The molecule has 2 heterocycles. The highest BCUT2D eigenvalue weighted by Gasteiger charge is 2.20. The monoisotopic (exact) mass is 350 g/mol. The van der Waals surface area contributed by atoms with Crippen molar-refractivity contribution in [3.8, 4) is 22.6 Å². The summed E-state index contributed by atoms with van der Waals surface area (Å²) in [5.74, 6) is 0.607. The van der Waals surface area contributed by atoms with E-state index in [-0.39, 0.29) is 5.75 Å². The van der Waals surface area contributed by atoms with Crippen molar-refractivity contribution in [1.82, 2.24) is 10.5 Å². The fraction of sp³-hybridized carbons (Fsp3) is 0.190. The van der Waals surface area contributed by atoms with Gasteiger partial charge in [-0.3, -0.25) is 4.98 Å². The van der Waals surface area contributed by atoms with Crippen LogP contribution in [-0.2, 0) is 12.8 Å². The van der Waals surface area contributed by atoms with Gasteiger partial charge in [-0.15, -0.1) is 0 Å². The average molecular weight is 350 g/mol. The smallest absolute Gasteiger partial charge is 0.182 e. The van der Waals surface area contributed by atoms with Gasteiger partial charge in [0.25, 0.3) is 0 Å². The molecule has 0 unspecified atom stereocenters. The molecular weight excluding hydrogens is 331 g/mol. The van der Waals surface area contributed by atoms with Crippen molar-refractivity contribution in [2.45, 2.75) is 12.8 Å². The van der Waals surface area contributed by atoms with Crippen LogP contribution in [0.5, 0.6) is 11.5 Å². The minimum absolute atomic E-state index is 0.168. The Morgan fingerprint density at radius 1 is 1.12 bits per heavy atom. The van der Waals surface area contributed by atoms with Crippen molar-refractivity contribution in [3.63, 3.8) is 0 Å². The molecule has 0 aliphatic carbocycles. The number of nitrogens with one attached hydrogen (secondary N) is 1. The van der Waals surface area contributed by atoms with Gasteiger partial charge in [0.05, 0.1) is 6.61 Å². The van der Waals surface area contributed by atoms with E-state index in [1.165, 1.54) is 22.8 Å². The van der Waals surface area contributed by atoms with Crippen molar-refractivity contribution >= 4 is 0 Å². The molecule has 1 N–H and O–H groups in total. The molecule has 132 valence electrons. The maximum Gasteiger partial charge on any atom is 0.182 e. The summed E-state index contributed by atoms with van der Waals surface area (Å²) in [6.07, 6.45) is 5.26. The van der Waals surface area contributed by atoms with Crippen LogP contribution in [-0.4, -0.2) is 18.6 Å². The fourth-order valence-corrected chi connectivity index (χ4v) is 3.29. The molecule has 0 fully saturated rings. The van der Waals surface area contributed by atoms with Gasteiger partial charge in [-0.25, -0.2) is 4.39 Å². The van der Waals surface area contributed by atoms with Gasteiger partial charge in [-0.1, -0.05) is 12.1 Å². The third-order valence-corrected chi connectivity index (χ3v) is 4.46. The molecule has 5 heteroatoms. The first kappa shape index (κ1) is 16.5. The Kier molecular flexibility index (Phi) is 4.54. The van der Waals surface area contributed by atoms with Crippen LogP contribution in [0.15, 0.2) is 54.9 Å². The van der Waals surface area contributed by atoms with Crippen LogP contribution in [0.1, 0.15) is 16.7 Å². The molecule has 0 saturated heterocycles. The summed E-state index contributed by atoms with van der Waals surface area (Å²) in [6, 6.07) is 13.2. The molecule has 2 aromatic carbocycles. The summed E-state index contributed by atoms with van der Waals surface area (Å²) in [4.78, 5) is 9.13. The molecule has 26 heavy (non-hydrogen) atoms. The Balaban J connectivity index is 1.74. The van der Waals surface area contributed by atoms with Gasteiger partial charge in [0, 0.05) is 31.4 Å². The lowest BCUT2D eigenvalue weighted by molar-refractivity contribution is 0.213. The second kappa shape index (κ2) is 7.14. The molecular formula is C21H19FN2O2. The van der Waals surface area contributed by atoms with E-state index in [0.29, 0.717) is 6.61 Å². The van der Waals surface area contributed by atoms with Gasteiger partial charge in [-0.05, 0) is 59.0 Å². The molecule has 3 aromatic rings. The number of rotatable bonds is 5. The van der Waals surface area contributed by atoms with Gasteiger partial charge < -0.3 is 9.57 Å². The predicted molar refractivity (Wildman–Crippen MR) is 97.8 cm³/mol. The predicted octanol–water partition coefficient (Wildman–Crippen LogP) is 3.93. The molecule has 4 rings (SSSR count).